The van der Waals surface area contributed by atoms with Crippen molar-refractivity contribution in [2.45, 2.75) is 19.9 Å². The molecule has 1 aromatic heterocycles. The first-order valence-corrected chi connectivity index (χ1v) is 5.77. The van der Waals surface area contributed by atoms with E-state index in [4.69, 9.17) is 5.73 Å². The van der Waals surface area contributed by atoms with Crippen LogP contribution in [0.15, 0.2) is 12.4 Å². The van der Waals surface area contributed by atoms with Gasteiger partial charge in [0, 0.05) is 25.7 Å². The fraction of sp³-hybridized carbons (Fsp3) is 0.636. The van der Waals surface area contributed by atoms with Crippen molar-refractivity contribution in [3.05, 3.63) is 12.4 Å². The molecule has 1 unspecified atom stereocenters. The van der Waals surface area contributed by atoms with Crippen molar-refractivity contribution in [3.8, 4) is 0 Å². The van der Waals surface area contributed by atoms with Crippen molar-refractivity contribution in [1.82, 2.24) is 14.9 Å². The van der Waals surface area contributed by atoms with Gasteiger partial charge >= 0.3 is 0 Å². The summed E-state index contributed by atoms with van der Waals surface area (Å²) in [5.74, 6) is 0.789. The highest BCUT2D eigenvalue weighted by Crippen LogP contribution is 2.14. The average Bonchev–Trinajstić information content (AvgIpc) is 2.30. The van der Waals surface area contributed by atoms with Crippen molar-refractivity contribution < 1.29 is 0 Å². The number of nitrogens with two attached hydrogens (primary N) is 1. The van der Waals surface area contributed by atoms with Crippen LogP contribution in [-0.2, 0) is 0 Å². The Hall–Kier alpha value is -1.36. The molecule has 1 fully saturated rings. The highest BCUT2D eigenvalue weighted by atomic mass is 15.3. The summed E-state index contributed by atoms with van der Waals surface area (Å²) in [5, 5.41) is 0. The van der Waals surface area contributed by atoms with Gasteiger partial charge in [-0.3, -0.25) is 4.90 Å². The number of anilines is 2. The first-order valence-electron chi connectivity index (χ1n) is 5.77. The van der Waals surface area contributed by atoms with Gasteiger partial charge in [-0.25, -0.2) is 9.97 Å². The van der Waals surface area contributed by atoms with Crippen molar-refractivity contribution in [1.29, 1.82) is 0 Å². The maximum absolute atomic E-state index is 5.58. The van der Waals surface area contributed by atoms with Gasteiger partial charge in [-0.1, -0.05) is 6.92 Å². The molecule has 0 saturated carbocycles. The predicted molar refractivity (Wildman–Crippen MR) is 65.4 cm³/mol. The Balaban J connectivity index is 2.04. The predicted octanol–water partition coefficient (Wildman–Crippen LogP) is 0.589. The lowest BCUT2D eigenvalue weighted by Gasteiger charge is -2.39. The van der Waals surface area contributed by atoms with Crippen LogP contribution in [0.3, 0.4) is 0 Å². The van der Waals surface area contributed by atoms with Gasteiger partial charge < -0.3 is 10.6 Å². The second kappa shape index (κ2) is 4.65. The maximum Gasteiger partial charge on any atom is 0.225 e. The normalized spacial score (nSPS) is 22.4. The van der Waals surface area contributed by atoms with E-state index in [-0.39, 0.29) is 0 Å². The summed E-state index contributed by atoms with van der Waals surface area (Å²) in [6.45, 7) is 8.60. The molecule has 1 aliphatic rings. The van der Waals surface area contributed by atoms with Gasteiger partial charge in [0.2, 0.25) is 5.95 Å². The third-order valence-electron chi connectivity index (χ3n) is 3.11. The number of aromatic nitrogens is 2. The number of hydrogen-bond donors (Lipinski definition) is 1. The lowest BCUT2D eigenvalue weighted by molar-refractivity contribution is 0.198. The number of hydrogen-bond acceptors (Lipinski definition) is 5. The lowest BCUT2D eigenvalue weighted by atomic mass is 10.2. The Morgan fingerprint density at radius 3 is 2.62 bits per heavy atom. The minimum absolute atomic E-state index is 0.555. The summed E-state index contributed by atoms with van der Waals surface area (Å²) in [6, 6.07) is 0.555. The van der Waals surface area contributed by atoms with Crippen LogP contribution < -0.4 is 10.6 Å². The summed E-state index contributed by atoms with van der Waals surface area (Å²) in [7, 11) is 0. The molecule has 5 nitrogen and oxygen atoms in total. The second-order valence-corrected chi connectivity index (χ2v) is 4.24. The number of rotatable bonds is 2. The van der Waals surface area contributed by atoms with Crippen LogP contribution in [0.25, 0.3) is 0 Å². The van der Waals surface area contributed by atoms with Crippen LogP contribution in [0.5, 0.6) is 0 Å². The Bertz CT molecular complexity index is 337. The highest BCUT2D eigenvalue weighted by Gasteiger charge is 2.23. The quantitative estimate of drug-likeness (QED) is 0.792. The van der Waals surface area contributed by atoms with Crippen molar-refractivity contribution >= 4 is 11.6 Å². The maximum atomic E-state index is 5.58. The summed E-state index contributed by atoms with van der Waals surface area (Å²) < 4.78 is 0. The topological polar surface area (TPSA) is 58.3 Å². The highest BCUT2D eigenvalue weighted by molar-refractivity contribution is 5.38. The Labute approximate surface area is 96.3 Å². The van der Waals surface area contributed by atoms with Crippen molar-refractivity contribution in [3.63, 3.8) is 0 Å². The van der Waals surface area contributed by atoms with Crippen LogP contribution in [0.2, 0.25) is 0 Å². The molecule has 16 heavy (non-hydrogen) atoms. The molecule has 1 saturated heterocycles. The molecule has 1 aromatic rings. The fourth-order valence-electron chi connectivity index (χ4n) is 2.14. The average molecular weight is 221 g/mol. The Morgan fingerprint density at radius 1 is 1.38 bits per heavy atom. The summed E-state index contributed by atoms with van der Waals surface area (Å²) >= 11 is 0. The summed E-state index contributed by atoms with van der Waals surface area (Å²) in [6.07, 6.45) is 3.33. The van der Waals surface area contributed by atoms with Gasteiger partial charge in [0.05, 0.1) is 18.1 Å². The van der Waals surface area contributed by atoms with Gasteiger partial charge in [0.1, 0.15) is 0 Å². The van der Waals surface area contributed by atoms with Crippen LogP contribution in [0.1, 0.15) is 13.8 Å². The van der Waals surface area contributed by atoms with Gasteiger partial charge in [-0.2, -0.15) is 0 Å². The van der Waals surface area contributed by atoms with Crippen molar-refractivity contribution in [2.24, 2.45) is 0 Å². The van der Waals surface area contributed by atoms with E-state index >= 15 is 0 Å². The molecule has 1 aliphatic heterocycles. The van der Waals surface area contributed by atoms with E-state index in [1.807, 2.05) is 0 Å². The van der Waals surface area contributed by atoms with E-state index in [1.54, 1.807) is 12.4 Å². The van der Waals surface area contributed by atoms with E-state index in [2.05, 4.69) is 33.6 Å². The fourth-order valence-corrected chi connectivity index (χ4v) is 2.14. The standard InChI is InChI=1S/C11H19N5/c1-3-15-4-5-16(8-9(15)2)11-13-6-10(12)7-14-11/h6-7,9H,3-5,8,12H2,1-2H3. The molecule has 0 aliphatic carbocycles. The molecule has 0 amide bonds. The smallest absolute Gasteiger partial charge is 0.225 e. The molecule has 0 aromatic carbocycles. The molecule has 5 heteroatoms. The zero-order chi connectivity index (χ0) is 11.5. The molecule has 0 spiro atoms. The first-order chi connectivity index (χ1) is 7.70. The number of likely N-dealkylation sites (N-methyl/N-ethyl adjacent to an activating group) is 1. The number of nitrogens with zero attached hydrogens (tertiary/aromatic N) is 4. The van der Waals surface area contributed by atoms with E-state index < -0.39 is 0 Å². The Kier molecular flexibility index (Phi) is 3.24. The van der Waals surface area contributed by atoms with Crippen LogP contribution in [0, 0.1) is 0 Å². The minimum Gasteiger partial charge on any atom is -0.396 e. The molecular formula is C11H19N5. The van der Waals surface area contributed by atoms with E-state index in [0.29, 0.717) is 11.7 Å². The van der Waals surface area contributed by atoms with Crippen LogP contribution in [-0.4, -0.2) is 47.1 Å². The summed E-state index contributed by atoms with van der Waals surface area (Å²) in [5.41, 5.74) is 6.19. The molecular weight excluding hydrogens is 202 g/mol. The second-order valence-electron chi connectivity index (χ2n) is 4.24. The molecule has 88 valence electrons. The first kappa shape index (κ1) is 11.1. The molecule has 2 N–H and O–H groups in total. The third-order valence-corrected chi connectivity index (χ3v) is 3.11. The lowest BCUT2D eigenvalue weighted by Crippen LogP contribution is -2.52. The van der Waals surface area contributed by atoms with Crippen LogP contribution >= 0.6 is 0 Å². The summed E-state index contributed by atoms with van der Waals surface area (Å²) in [4.78, 5) is 13.2. The van der Waals surface area contributed by atoms with Crippen LogP contribution in [0.4, 0.5) is 11.6 Å². The third kappa shape index (κ3) is 2.24. The van der Waals surface area contributed by atoms with E-state index in [0.717, 1.165) is 32.1 Å². The SMILES string of the molecule is CCN1CCN(c2ncc(N)cn2)CC1C. The monoisotopic (exact) mass is 221 g/mol. The molecule has 2 heterocycles. The van der Waals surface area contributed by atoms with Gasteiger partial charge in [-0.05, 0) is 13.5 Å². The molecule has 2 rings (SSSR count). The Morgan fingerprint density at radius 2 is 2.06 bits per heavy atom. The zero-order valence-electron chi connectivity index (χ0n) is 9.93. The number of piperazine rings is 1. The van der Waals surface area contributed by atoms with E-state index in [9.17, 15) is 0 Å². The van der Waals surface area contributed by atoms with Crippen molar-refractivity contribution in [2.75, 3.05) is 36.8 Å². The molecule has 0 radical (unpaired) electrons. The van der Waals surface area contributed by atoms with Gasteiger partial charge in [-0.15, -0.1) is 0 Å². The van der Waals surface area contributed by atoms with Gasteiger partial charge in [0.15, 0.2) is 0 Å². The minimum atomic E-state index is 0.555. The number of nitrogen functional groups attached to an aromatic ring is 1. The molecule has 0 bridgehead atoms. The van der Waals surface area contributed by atoms with Gasteiger partial charge in [0.25, 0.3) is 0 Å². The molecule has 1 atom stereocenters. The zero-order valence-corrected chi connectivity index (χ0v) is 9.93. The largest absolute Gasteiger partial charge is 0.396 e. The van der Waals surface area contributed by atoms with E-state index in [1.165, 1.54) is 0 Å².